The van der Waals surface area contributed by atoms with Crippen LogP contribution in [0.2, 0.25) is 0 Å². The summed E-state index contributed by atoms with van der Waals surface area (Å²) in [6.07, 6.45) is 1.52. The molecule has 0 aliphatic carbocycles. The van der Waals surface area contributed by atoms with Crippen LogP contribution in [0.1, 0.15) is 62.7 Å². The van der Waals surface area contributed by atoms with Crippen molar-refractivity contribution in [3.63, 3.8) is 0 Å². The molecule has 9 nitrogen and oxygen atoms in total. The van der Waals surface area contributed by atoms with E-state index in [1.165, 1.54) is 25.6 Å². The summed E-state index contributed by atoms with van der Waals surface area (Å²) in [4.78, 5) is 32.6. The van der Waals surface area contributed by atoms with E-state index in [0.717, 1.165) is 34.7 Å². The van der Waals surface area contributed by atoms with Gasteiger partial charge >= 0.3 is 0 Å². The van der Waals surface area contributed by atoms with Crippen LogP contribution in [0.4, 0.5) is 0 Å². The summed E-state index contributed by atoms with van der Waals surface area (Å²) in [5.74, 6) is 1.97. The van der Waals surface area contributed by atoms with Crippen molar-refractivity contribution in [2.24, 2.45) is 0 Å². The van der Waals surface area contributed by atoms with E-state index in [1.807, 2.05) is 43.9 Å². The number of aryl methyl sites for hydroxylation is 2. The molecule has 3 aromatic rings. The number of carbonyl (C=O) groups excluding carboxylic acids is 2. The average molecular weight is 568 g/mol. The zero-order valence-electron chi connectivity index (χ0n) is 23.9. The van der Waals surface area contributed by atoms with Crippen molar-refractivity contribution < 1.29 is 28.5 Å². The Balaban J connectivity index is 1.32. The number of likely N-dealkylation sites (tertiary alicyclic amines) is 1. The predicted molar refractivity (Wildman–Crippen MR) is 154 cm³/mol. The van der Waals surface area contributed by atoms with Crippen molar-refractivity contribution in [3.8, 4) is 23.0 Å². The molecule has 1 unspecified atom stereocenters. The van der Waals surface area contributed by atoms with Gasteiger partial charge in [0.05, 0.1) is 37.9 Å². The molecule has 1 aliphatic heterocycles. The van der Waals surface area contributed by atoms with Crippen LogP contribution >= 0.6 is 11.3 Å². The largest absolute Gasteiger partial charge is 0.493 e. The number of rotatable bonds is 10. The van der Waals surface area contributed by atoms with Crippen molar-refractivity contribution in [2.45, 2.75) is 45.6 Å². The van der Waals surface area contributed by atoms with Gasteiger partial charge in [0, 0.05) is 24.4 Å². The Bertz CT molecular complexity index is 1330. The van der Waals surface area contributed by atoms with Crippen LogP contribution in [0.3, 0.4) is 0 Å². The molecule has 214 valence electrons. The second-order valence-corrected chi connectivity index (χ2v) is 10.8. The number of para-hydroxylation sites is 1. The monoisotopic (exact) mass is 567 g/mol. The number of carbonyl (C=O) groups is 2. The standard InChI is InChI=1S/C30H37N3O6S/c1-18-8-7-9-19(2)25(18)39-16-20(3)31-28(34)23-17-40-29(32-23)21-12-14-33(15-13-21)30(35)22-10-11-24(36-4)27(38-6)26(22)37-5/h7-11,17,20-21H,12-16H2,1-6H3,(H,31,34). The van der Waals surface area contributed by atoms with Crippen LogP contribution in [-0.2, 0) is 0 Å². The number of hydrogen-bond acceptors (Lipinski definition) is 8. The highest BCUT2D eigenvalue weighted by molar-refractivity contribution is 7.09. The maximum absolute atomic E-state index is 13.3. The first kappa shape index (κ1) is 29.2. The zero-order valence-corrected chi connectivity index (χ0v) is 24.7. The fourth-order valence-corrected chi connectivity index (χ4v) is 5.89. The van der Waals surface area contributed by atoms with E-state index in [1.54, 1.807) is 24.6 Å². The van der Waals surface area contributed by atoms with Crippen molar-refractivity contribution in [1.29, 1.82) is 0 Å². The molecule has 1 N–H and O–H groups in total. The molecule has 1 fully saturated rings. The third-order valence-electron chi connectivity index (χ3n) is 7.08. The van der Waals surface area contributed by atoms with Crippen LogP contribution < -0.4 is 24.3 Å². The second-order valence-electron chi connectivity index (χ2n) is 9.93. The van der Waals surface area contributed by atoms with E-state index >= 15 is 0 Å². The van der Waals surface area contributed by atoms with Gasteiger partial charge in [-0.05, 0) is 56.9 Å². The topological polar surface area (TPSA) is 99.2 Å². The van der Waals surface area contributed by atoms with Crippen LogP contribution in [0.5, 0.6) is 23.0 Å². The van der Waals surface area contributed by atoms with Crippen LogP contribution in [-0.4, -0.2) is 68.8 Å². The lowest BCUT2D eigenvalue weighted by Gasteiger charge is -2.31. The maximum atomic E-state index is 13.3. The van der Waals surface area contributed by atoms with E-state index in [9.17, 15) is 9.59 Å². The quantitative estimate of drug-likeness (QED) is 0.368. The van der Waals surface area contributed by atoms with Crippen LogP contribution in [0.25, 0.3) is 0 Å². The van der Waals surface area contributed by atoms with E-state index in [4.69, 9.17) is 18.9 Å². The van der Waals surface area contributed by atoms with E-state index in [2.05, 4.69) is 10.3 Å². The van der Waals surface area contributed by atoms with Crippen LogP contribution in [0.15, 0.2) is 35.7 Å². The maximum Gasteiger partial charge on any atom is 0.271 e. The molecule has 1 aromatic heterocycles. The average Bonchev–Trinajstić information content (AvgIpc) is 3.46. The molecule has 2 amide bonds. The molecule has 0 radical (unpaired) electrons. The van der Waals surface area contributed by atoms with Crippen molar-refractivity contribution >= 4 is 23.2 Å². The molecule has 1 saturated heterocycles. The number of ether oxygens (including phenoxy) is 4. The Morgan fingerprint density at radius 2 is 1.68 bits per heavy atom. The number of piperidine rings is 1. The molecule has 10 heteroatoms. The predicted octanol–water partition coefficient (Wildman–Crippen LogP) is 5.00. The van der Waals surface area contributed by atoms with Crippen molar-refractivity contribution in [3.05, 3.63) is 63.1 Å². The van der Waals surface area contributed by atoms with Gasteiger partial charge in [-0.15, -0.1) is 11.3 Å². The van der Waals surface area contributed by atoms with E-state index in [0.29, 0.717) is 48.2 Å². The number of amides is 2. The highest BCUT2D eigenvalue weighted by Crippen LogP contribution is 2.41. The Labute approximate surface area is 239 Å². The van der Waals surface area contributed by atoms with Gasteiger partial charge in [0.1, 0.15) is 18.1 Å². The Kier molecular flexibility index (Phi) is 9.52. The Morgan fingerprint density at radius 1 is 1.00 bits per heavy atom. The van der Waals surface area contributed by atoms with Gasteiger partial charge in [0.25, 0.3) is 11.8 Å². The number of benzene rings is 2. The van der Waals surface area contributed by atoms with Gasteiger partial charge in [-0.25, -0.2) is 4.98 Å². The van der Waals surface area contributed by atoms with E-state index in [-0.39, 0.29) is 23.8 Å². The summed E-state index contributed by atoms with van der Waals surface area (Å²) in [5, 5.41) is 5.70. The molecular weight excluding hydrogens is 530 g/mol. The second kappa shape index (κ2) is 13.0. The molecule has 4 rings (SSSR count). The molecular formula is C30H37N3O6S. The van der Waals surface area contributed by atoms with Crippen molar-refractivity contribution in [1.82, 2.24) is 15.2 Å². The molecule has 0 bridgehead atoms. The number of nitrogens with one attached hydrogen (secondary N) is 1. The fourth-order valence-electron chi connectivity index (χ4n) is 4.92. The fraction of sp³-hybridized carbons (Fsp3) is 0.433. The Hall–Kier alpha value is -3.79. The summed E-state index contributed by atoms with van der Waals surface area (Å²) < 4.78 is 22.3. The van der Waals surface area contributed by atoms with Gasteiger partial charge in [0.2, 0.25) is 5.75 Å². The summed E-state index contributed by atoms with van der Waals surface area (Å²) >= 11 is 1.49. The highest BCUT2D eigenvalue weighted by atomic mass is 32.1. The zero-order chi connectivity index (χ0) is 28.8. The van der Waals surface area contributed by atoms with Gasteiger partial charge < -0.3 is 29.2 Å². The summed E-state index contributed by atoms with van der Waals surface area (Å²) in [5.41, 5.74) is 2.98. The Morgan fingerprint density at radius 3 is 2.30 bits per heavy atom. The van der Waals surface area contributed by atoms with Gasteiger partial charge in [0.15, 0.2) is 11.5 Å². The number of hydrogen-bond donors (Lipinski definition) is 1. The first-order valence-corrected chi connectivity index (χ1v) is 14.2. The third-order valence-corrected chi connectivity index (χ3v) is 8.09. The van der Waals surface area contributed by atoms with E-state index < -0.39 is 0 Å². The molecule has 0 spiro atoms. The minimum Gasteiger partial charge on any atom is -0.493 e. The molecule has 2 heterocycles. The van der Waals surface area contributed by atoms with Crippen molar-refractivity contribution in [2.75, 3.05) is 41.0 Å². The molecule has 0 saturated carbocycles. The molecule has 2 aromatic carbocycles. The van der Waals surface area contributed by atoms with Gasteiger partial charge in [-0.2, -0.15) is 0 Å². The minimum atomic E-state index is -0.215. The number of nitrogens with zero attached hydrogens (tertiary/aromatic N) is 2. The lowest BCUT2D eigenvalue weighted by Crippen LogP contribution is -2.38. The van der Waals surface area contributed by atoms with Gasteiger partial charge in [-0.3, -0.25) is 9.59 Å². The molecule has 1 atom stereocenters. The molecule has 1 aliphatic rings. The lowest BCUT2D eigenvalue weighted by molar-refractivity contribution is 0.0708. The number of methoxy groups -OCH3 is 3. The van der Waals surface area contributed by atoms with Gasteiger partial charge in [-0.1, -0.05) is 18.2 Å². The first-order chi connectivity index (χ1) is 19.3. The highest BCUT2D eigenvalue weighted by Gasteiger charge is 2.30. The first-order valence-electron chi connectivity index (χ1n) is 13.3. The summed E-state index contributed by atoms with van der Waals surface area (Å²) in [6.45, 7) is 7.46. The normalized spacial score (nSPS) is 14.4. The number of thiazole rings is 1. The summed E-state index contributed by atoms with van der Waals surface area (Å²) in [6, 6.07) is 9.25. The third kappa shape index (κ3) is 6.33. The minimum absolute atomic E-state index is 0.118. The smallest absolute Gasteiger partial charge is 0.271 e. The lowest BCUT2D eigenvalue weighted by atomic mass is 9.97. The number of aromatic nitrogens is 1. The van der Waals surface area contributed by atoms with Crippen LogP contribution in [0, 0.1) is 13.8 Å². The molecule has 40 heavy (non-hydrogen) atoms. The summed E-state index contributed by atoms with van der Waals surface area (Å²) in [7, 11) is 4.57. The SMILES string of the molecule is COc1ccc(C(=O)N2CCC(c3nc(C(=O)NC(C)COc4c(C)cccc4C)cs3)CC2)c(OC)c1OC.